The van der Waals surface area contributed by atoms with Gasteiger partial charge in [-0.15, -0.1) is 0 Å². The van der Waals surface area contributed by atoms with Gasteiger partial charge in [0.1, 0.15) is 6.04 Å². The maximum absolute atomic E-state index is 12.0. The molecule has 1 N–H and O–H groups in total. The van der Waals surface area contributed by atoms with Gasteiger partial charge in [0.25, 0.3) is 0 Å². The summed E-state index contributed by atoms with van der Waals surface area (Å²) in [5.41, 5.74) is 0. The molecule has 5 heteroatoms. The quantitative estimate of drug-likeness (QED) is 0.759. The van der Waals surface area contributed by atoms with E-state index in [1.54, 1.807) is 0 Å². The fourth-order valence-electron chi connectivity index (χ4n) is 2.33. The number of rotatable bonds is 4. The van der Waals surface area contributed by atoms with E-state index in [1.807, 2.05) is 6.92 Å². The van der Waals surface area contributed by atoms with Crippen molar-refractivity contribution in [1.82, 2.24) is 4.90 Å². The Bertz CT molecular complexity index is 304. The lowest BCUT2D eigenvalue weighted by atomic mass is 10.2. The zero-order valence-corrected chi connectivity index (χ0v) is 9.39. The number of amides is 1. The molecular weight excluding hydrogens is 210 g/mol. The minimum absolute atomic E-state index is 0.0209. The number of ether oxygens (including phenoxy) is 1. The van der Waals surface area contributed by atoms with Crippen LogP contribution in [0.5, 0.6) is 0 Å². The Balaban J connectivity index is 1.92. The van der Waals surface area contributed by atoms with Gasteiger partial charge in [-0.05, 0) is 26.2 Å². The summed E-state index contributed by atoms with van der Waals surface area (Å²) in [6, 6.07) is -0.615. The zero-order valence-electron chi connectivity index (χ0n) is 9.39. The van der Waals surface area contributed by atoms with Gasteiger partial charge >= 0.3 is 5.97 Å². The van der Waals surface area contributed by atoms with Crippen molar-refractivity contribution >= 4 is 11.9 Å². The third kappa shape index (κ3) is 2.04. The van der Waals surface area contributed by atoms with Crippen LogP contribution in [-0.2, 0) is 14.3 Å². The molecule has 1 saturated heterocycles. The van der Waals surface area contributed by atoms with Crippen molar-refractivity contribution in [2.24, 2.45) is 5.92 Å². The van der Waals surface area contributed by atoms with Gasteiger partial charge in [0, 0.05) is 13.2 Å². The molecule has 1 heterocycles. The van der Waals surface area contributed by atoms with Gasteiger partial charge < -0.3 is 14.7 Å². The molecule has 0 aromatic carbocycles. The molecule has 2 aliphatic rings. The normalized spacial score (nSPS) is 32.8. The first-order chi connectivity index (χ1) is 7.65. The summed E-state index contributed by atoms with van der Waals surface area (Å²) >= 11 is 0. The first kappa shape index (κ1) is 11.4. The molecule has 1 aliphatic heterocycles. The second-order valence-electron chi connectivity index (χ2n) is 4.36. The zero-order chi connectivity index (χ0) is 11.7. The van der Waals surface area contributed by atoms with Crippen molar-refractivity contribution in [2.45, 2.75) is 38.3 Å². The molecule has 0 radical (unpaired) electrons. The van der Waals surface area contributed by atoms with E-state index in [0.29, 0.717) is 19.6 Å². The number of nitrogens with zero attached hydrogens (tertiary/aromatic N) is 1. The van der Waals surface area contributed by atoms with Crippen LogP contribution in [0.25, 0.3) is 0 Å². The number of carboxylic acid groups (broad SMARTS) is 1. The summed E-state index contributed by atoms with van der Waals surface area (Å²) in [6.07, 6.45) is 2.13. The van der Waals surface area contributed by atoms with E-state index in [4.69, 9.17) is 9.84 Å². The molecule has 2 rings (SSSR count). The molecule has 0 aromatic rings. The van der Waals surface area contributed by atoms with E-state index in [1.165, 1.54) is 4.90 Å². The van der Waals surface area contributed by atoms with Crippen molar-refractivity contribution in [3.8, 4) is 0 Å². The Hall–Kier alpha value is -1.10. The third-order valence-corrected chi connectivity index (χ3v) is 3.25. The average molecular weight is 227 g/mol. The van der Waals surface area contributed by atoms with Gasteiger partial charge in [-0.25, -0.2) is 4.79 Å². The molecule has 90 valence electrons. The highest BCUT2D eigenvalue weighted by Gasteiger charge is 2.48. The van der Waals surface area contributed by atoms with Gasteiger partial charge in [0.05, 0.1) is 12.0 Å². The molecule has 5 nitrogen and oxygen atoms in total. The molecule has 1 saturated carbocycles. The van der Waals surface area contributed by atoms with Crippen molar-refractivity contribution in [2.75, 3.05) is 13.2 Å². The van der Waals surface area contributed by atoms with E-state index in [-0.39, 0.29) is 17.9 Å². The smallest absolute Gasteiger partial charge is 0.326 e. The molecule has 1 aliphatic carbocycles. The van der Waals surface area contributed by atoms with Crippen LogP contribution in [0.1, 0.15) is 26.2 Å². The largest absolute Gasteiger partial charge is 0.480 e. The number of carboxylic acids is 1. The Morgan fingerprint density at radius 1 is 1.50 bits per heavy atom. The number of carbonyl (C=O) groups excluding carboxylic acids is 1. The third-order valence-electron chi connectivity index (χ3n) is 3.25. The summed E-state index contributed by atoms with van der Waals surface area (Å²) in [7, 11) is 0. The highest BCUT2D eigenvalue weighted by molar-refractivity contribution is 5.87. The minimum atomic E-state index is -0.889. The fraction of sp³-hybridized carbons (Fsp3) is 0.818. The number of hydrogen-bond donors (Lipinski definition) is 1. The molecule has 1 amide bonds. The van der Waals surface area contributed by atoms with Crippen molar-refractivity contribution in [3.63, 3.8) is 0 Å². The van der Waals surface area contributed by atoms with Crippen molar-refractivity contribution in [1.29, 1.82) is 0 Å². The van der Waals surface area contributed by atoms with Crippen molar-refractivity contribution in [3.05, 3.63) is 0 Å². The van der Waals surface area contributed by atoms with Gasteiger partial charge in [0.2, 0.25) is 5.91 Å². The van der Waals surface area contributed by atoms with Crippen molar-refractivity contribution < 1.29 is 19.4 Å². The van der Waals surface area contributed by atoms with E-state index in [0.717, 1.165) is 12.8 Å². The minimum Gasteiger partial charge on any atom is -0.480 e. The van der Waals surface area contributed by atoms with E-state index in [9.17, 15) is 9.59 Å². The maximum Gasteiger partial charge on any atom is 0.326 e. The number of hydrogen-bond acceptors (Lipinski definition) is 3. The highest BCUT2D eigenvalue weighted by Crippen LogP contribution is 2.37. The van der Waals surface area contributed by atoms with Gasteiger partial charge in [-0.3, -0.25) is 4.79 Å². The summed E-state index contributed by atoms with van der Waals surface area (Å²) in [6.45, 7) is 3.08. The predicted octanol–water partition coefficient (Wildman–Crippen LogP) is 0.487. The summed E-state index contributed by atoms with van der Waals surface area (Å²) < 4.78 is 5.35. The second kappa shape index (κ2) is 4.41. The Morgan fingerprint density at radius 2 is 2.25 bits per heavy atom. The van der Waals surface area contributed by atoms with Crippen LogP contribution in [-0.4, -0.2) is 47.2 Å². The Labute approximate surface area is 94.4 Å². The second-order valence-corrected chi connectivity index (χ2v) is 4.36. The van der Waals surface area contributed by atoms with Gasteiger partial charge in [-0.1, -0.05) is 0 Å². The standard InChI is InChI=1S/C11H17NO4/c1-2-16-9-6-7(9)10(13)12-5-3-4-8(12)11(14)15/h7-9H,2-6H2,1H3,(H,14,15)/t7?,8-,9?/m0/s1. The summed E-state index contributed by atoms with van der Waals surface area (Å²) in [4.78, 5) is 24.4. The number of aliphatic carboxylic acids is 1. The number of carbonyl (C=O) groups is 2. The van der Waals surface area contributed by atoms with E-state index < -0.39 is 12.0 Å². The van der Waals surface area contributed by atoms with Crippen LogP contribution in [0.4, 0.5) is 0 Å². The number of likely N-dealkylation sites (tertiary alicyclic amines) is 1. The average Bonchev–Trinajstić information content (AvgIpc) is 2.82. The van der Waals surface area contributed by atoms with Crippen LogP contribution in [0.3, 0.4) is 0 Å². The van der Waals surface area contributed by atoms with Crippen LogP contribution < -0.4 is 0 Å². The molecule has 0 bridgehead atoms. The van der Waals surface area contributed by atoms with Crippen LogP contribution in [0, 0.1) is 5.92 Å². The summed E-state index contributed by atoms with van der Waals surface area (Å²) in [5.74, 6) is -1.03. The lowest BCUT2D eigenvalue weighted by Gasteiger charge is -2.21. The molecule has 3 atom stereocenters. The fourth-order valence-corrected chi connectivity index (χ4v) is 2.33. The lowest BCUT2D eigenvalue weighted by molar-refractivity contribution is -0.149. The predicted molar refractivity (Wildman–Crippen MR) is 55.9 cm³/mol. The molecule has 2 fully saturated rings. The van der Waals surface area contributed by atoms with Crippen LogP contribution in [0.15, 0.2) is 0 Å². The van der Waals surface area contributed by atoms with E-state index >= 15 is 0 Å². The highest BCUT2D eigenvalue weighted by atomic mass is 16.5. The Kier molecular flexibility index (Phi) is 3.14. The molecular formula is C11H17NO4. The molecule has 2 unspecified atom stereocenters. The molecule has 0 aromatic heterocycles. The van der Waals surface area contributed by atoms with Gasteiger partial charge in [-0.2, -0.15) is 0 Å². The first-order valence-electron chi connectivity index (χ1n) is 5.80. The first-order valence-corrected chi connectivity index (χ1v) is 5.80. The molecule has 0 spiro atoms. The summed E-state index contributed by atoms with van der Waals surface area (Å²) in [5, 5.41) is 8.98. The van der Waals surface area contributed by atoms with Crippen LogP contribution >= 0.6 is 0 Å². The SMILES string of the molecule is CCOC1CC1C(=O)N1CCC[C@H]1C(=O)O. The van der Waals surface area contributed by atoms with Gasteiger partial charge in [0.15, 0.2) is 0 Å². The van der Waals surface area contributed by atoms with Crippen LogP contribution in [0.2, 0.25) is 0 Å². The molecule has 16 heavy (non-hydrogen) atoms. The topological polar surface area (TPSA) is 66.8 Å². The maximum atomic E-state index is 12.0. The Morgan fingerprint density at radius 3 is 2.88 bits per heavy atom. The lowest BCUT2D eigenvalue weighted by Crippen LogP contribution is -2.41. The monoisotopic (exact) mass is 227 g/mol. The van der Waals surface area contributed by atoms with E-state index in [2.05, 4.69) is 0 Å².